The molecule has 26 heavy (non-hydrogen) atoms. The topological polar surface area (TPSA) is 102 Å². The van der Waals surface area contributed by atoms with Gasteiger partial charge >= 0.3 is 5.97 Å². The largest absolute Gasteiger partial charge is 0.464 e. The van der Waals surface area contributed by atoms with Crippen molar-refractivity contribution in [3.05, 3.63) is 53.7 Å². The Morgan fingerprint density at radius 1 is 1.31 bits per heavy atom. The number of halogens is 1. The maximum atomic E-state index is 13.0. The zero-order valence-corrected chi connectivity index (χ0v) is 14.1. The van der Waals surface area contributed by atoms with Crippen molar-refractivity contribution in [1.29, 1.82) is 0 Å². The van der Waals surface area contributed by atoms with Crippen LogP contribution in [0.2, 0.25) is 0 Å². The molecular weight excluding hydrogens is 341 g/mol. The number of nitrogens with one attached hydrogen (secondary N) is 2. The van der Waals surface area contributed by atoms with E-state index in [4.69, 9.17) is 0 Å². The number of aromatic nitrogens is 4. The van der Waals surface area contributed by atoms with Gasteiger partial charge in [0.1, 0.15) is 11.5 Å². The number of ether oxygens (including phenoxy) is 1. The molecule has 0 saturated carbocycles. The number of esters is 1. The van der Waals surface area contributed by atoms with Crippen molar-refractivity contribution in [1.82, 2.24) is 20.0 Å². The molecule has 134 valence electrons. The van der Waals surface area contributed by atoms with Gasteiger partial charge in [-0.25, -0.2) is 9.18 Å². The third-order valence-corrected chi connectivity index (χ3v) is 3.68. The number of anilines is 1. The lowest BCUT2D eigenvalue weighted by Crippen LogP contribution is -2.15. The number of carbonyl (C=O) groups excluding carboxylic acids is 2. The van der Waals surface area contributed by atoms with Crippen molar-refractivity contribution in [2.45, 2.75) is 13.5 Å². The molecule has 0 fully saturated rings. The number of hydrogen-bond acceptors (Lipinski definition) is 5. The molecule has 2 heterocycles. The summed E-state index contributed by atoms with van der Waals surface area (Å²) in [4.78, 5) is 24.2. The minimum absolute atomic E-state index is 0.0148. The molecule has 3 aromatic rings. The predicted octanol–water partition coefficient (Wildman–Crippen LogP) is 2.47. The summed E-state index contributed by atoms with van der Waals surface area (Å²) >= 11 is 0. The molecule has 0 unspecified atom stereocenters. The zero-order chi connectivity index (χ0) is 18.7. The lowest BCUT2D eigenvalue weighted by atomic mass is 10.1. The van der Waals surface area contributed by atoms with Crippen molar-refractivity contribution >= 4 is 17.6 Å². The highest BCUT2D eigenvalue weighted by atomic mass is 19.1. The summed E-state index contributed by atoms with van der Waals surface area (Å²) in [7, 11) is 1.24. The van der Waals surface area contributed by atoms with Gasteiger partial charge in [-0.05, 0) is 37.3 Å². The summed E-state index contributed by atoms with van der Waals surface area (Å²) in [6.07, 6.45) is 1.54. The molecule has 3 rings (SSSR count). The van der Waals surface area contributed by atoms with E-state index >= 15 is 0 Å². The van der Waals surface area contributed by atoms with Gasteiger partial charge < -0.3 is 10.1 Å². The van der Waals surface area contributed by atoms with Crippen LogP contribution < -0.4 is 5.32 Å². The zero-order valence-electron chi connectivity index (χ0n) is 14.1. The molecule has 0 spiro atoms. The first-order chi connectivity index (χ1) is 12.5. The van der Waals surface area contributed by atoms with E-state index in [-0.39, 0.29) is 22.9 Å². The first-order valence-corrected chi connectivity index (χ1v) is 7.80. The lowest BCUT2D eigenvalue weighted by Gasteiger charge is -2.02. The van der Waals surface area contributed by atoms with Gasteiger partial charge in [-0.15, -0.1) is 0 Å². The summed E-state index contributed by atoms with van der Waals surface area (Å²) in [5, 5.41) is 13.4. The molecule has 0 aliphatic carbocycles. The van der Waals surface area contributed by atoms with Gasteiger partial charge in [-0.1, -0.05) is 0 Å². The molecule has 0 aliphatic heterocycles. The van der Waals surface area contributed by atoms with E-state index in [1.165, 1.54) is 30.0 Å². The lowest BCUT2D eigenvalue weighted by molar-refractivity contribution is 0.0594. The fourth-order valence-corrected chi connectivity index (χ4v) is 2.32. The Kier molecular flexibility index (Phi) is 4.78. The minimum atomic E-state index is -0.649. The molecule has 8 nitrogen and oxygen atoms in total. The third kappa shape index (κ3) is 3.46. The molecule has 0 atom stereocenters. The van der Waals surface area contributed by atoms with Crippen molar-refractivity contribution in [2.75, 3.05) is 12.4 Å². The van der Waals surface area contributed by atoms with Crippen LogP contribution in [0.15, 0.2) is 36.5 Å². The fraction of sp³-hybridized carbons (Fsp3) is 0.176. The van der Waals surface area contributed by atoms with E-state index in [1.54, 1.807) is 18.3 Å². The van der Waals surface area contributed by atoms with Crippen LogP contribution in [0.4, 0.5) is 10.1 Å². The summed E-state index contributed by atoms with van der Waals surface area (Å²) in [6.45, 7) is 2.38. The number of rotatable bonds is 5. The highest BCUT2D eigenvalue weighted by molar-refractivity contribution is 6.06. The van der Waals surface area contributed by atoms with Crippen LogP contribution in [0, 0.1) is 5.82 Å². The molecule has 9 heteroatoms. The van der Waals surface area contributed by atoms with Crippen molar-refractivity contribution in [2.24, 2.45) is 0 Å². The summed E-state index contributed by atoms with van der Waals surface area (Å²) in [5.74, 6) is -1.50. The molecule has 1 amide bonds. The smallest absolute Gasteiger partial charge is 0.360 e. The Hall–Kier alpha value is -3.49. The number of nitrogens with zero attached hydrogens (tertiary/aromatic N) is 3. The van der Waals surface area contributed by atoms with Crippen LogP contribution in [0.5, 0.6) is 0 Å². The molecule has 2 N–H and O–H groups in total. The highest BCUT2D eigenvalue weighted by Gasteiger charge is 2.20. The van der Waals surface area contributed by atoms with E-state index in [0.29, 0.717) is 17.8 Å². The van der Waals surface area contributed by atoms with E-state index in [1.807, 2.05) is 6.92 Å². The predicted molar refractivity (Wildman–Crippen MR) is 91.2 cm³/mol. The number of hydrogen-bond donors (Lipinski definition) is 2. The second-order valence-corrected chi connectivity index (χ2v) is 5.37. The van der Waals surface area contributed by atoms with Gasteiger partial charge in [0.15, 0.2) is 5.69 Å². The molecule has 0 saturated heterocycles. The van der Waals surface area contributed by atoms with Crippen LogP contribution in [-0.4, -0.2) is 39.0 Å². The Morgan fingerprint density at radius 3 is 2.69 bits per heavy atom. The van der Waals surface area contributed by atoms with Crippen molar-refractivity contribution in [3.63, 3.8) is 0 Å². The van der Waals surface area contributed by atoms with Gasteiger partial charge in [-0.2, -0.15) is 10.2 Å². The van der Waals surface area contributed by atoms with Crippen LogP contribution in [-0.2, 0) is 11.3 Å². The monoisotopic (exact) mass is 357 g/mol. The van der Waals surface area contributed by atoms with Crippen LogP contribution in [0.25, 0.3) is 11.3 Å². The first-order valence-electron chi connectivity index (χ1n) is 7.80. The number of benzene rings is 1. The third-order valence-electron chi connectivity index (χ3n) is 3.68. The molecule has 0 radical (unpaired) electrons. The Labute approximate surface area is 148 Å². The van der Waals surface area contributed by atoms with E-state index in [0.717, 1.165) is 0 Å². The fourth-order valence-electron chi connectivity index (χ4n) is 2.32. The average molecular weight is 357 g/mol. The summed E-state index contributed by atoms with van der Waals surface area (Å²) in [5.41, 5.74) is 1.59. The SMILES string of the molecule is CCn1cc(NC(=O)c2cc(-c3ccc(F)cc3)n[nH]2)c(C(=O)OC)n1. The van der Waals surface area contributed by atoms with Crippen molar-refractivity contribution in [3.8, 4) is 11.3 Å². The van der Waals surface area contributed by atoms with Crippen molar-refractivity contribution < 1.29 is 18.7 Å². The number of aromatic amines is 1. The van der Waals surface area contributed by atoms with E-state index in [9.17, 15) is 14.0 Å². The standard InChI is InChI=1S/C17H16FN5O3/c1-3-23-9-14(15(22-23)17(25)26-2)19-16(24)13-8-12(20-21-13)10-4-6-11(18)7-5-10/h4-9H,3H2,1-2H3,(H,19,24)(H,20,21). The Bertz CT molecular complexity index is 946. The number of methoxy groups -OCH3 is 1. The molecule has 2 aromatic heterocycles. The van der Waals surface area contributed by atoms with E-state index in [2.05, 4.69) is 25.3 Å². The Morgan fingerprint density at radius 2 is 2.04 bits per heavy atom. The maximum absolute atomic E-state index is 13.0. The van der Waals surface area contributed by atoms with Gasteiger partial charge in [-0.3, -0.25) is 14.6 Å². The quantitative estimate of drug-likeness (QED) is 0.683. The van der Waals surface area contributed by atoms with Gasteiger partial charge in [0.25, 0.3) is 5.91 Å². The van der Waals surface area contributed by atoms with Gasteiger partial charge in [0.2, 0.25) is 0 Å². The second kappa shape index (κ2) is 7.18. The first kappa shape index (κ1) is 17.3. The minimum Gasteiger partial charge on any atom is -0.464 e. The summed E-state index contributed by atoms with van der Waals surface area (Å²) in [6, 6.07) is 7.28. The summed E-state index contributed by atoms with van der Waals surface area (Å²) < 4.78 is 19.2. The van der Waals surface area contributed by atoms with E-state index < -0.39 is 11.9 Å². The van der Waals surface area contributed by atoms with Gasteiger partial charge in [0, 0.05) is 18.3 Å². The molecule has 1 aromatic carbocycles. The number of aryl methyl sites for hydroxylation is 1. The number of H-pyrrole nitrogens is 1. The van der Waals surface area contributed by atoms with Gasteiger partial charge in [0.05, 0.1) is 18.5 Å². The maximum Gasteiger partial charge on any atom is 0.360 e. The number of amides is 1. The number of carbonyl (C=O) groups is 2. The molecule has 0 bridgehead atoms. The van der Waals surface area contributed by atoms with Crippen LogP contribution >= 0.6 is 0 Å². The molecule has 0 aliphatic rings. The molecular formula is C17H16FN5O3. The normalized spacial score (nSPS) is 10.6. The average Bonchev–Trinajstić information content (AvgIpc) is 3.29. The van der Waals surface area contributed by atoms with Crippen LogP contribution in [0.3, 0.4) is 0 Å². The highest BCUT2D eigenvalue weighted by Crippen LogP contribution is 2.20. The second-order valence-electron chi connectivity index (χ2n) is 5.37. The van der Waals surface area contributed by atoms with Crippen LogP contribution in [0.1, 0.15) is 27.9 Å². The Balaban J connectivity index is 1.82.